The molecular weight excluding hydrogens is 276 g/mol. The second kappa shape index (κ2) is 6.80. The fraction of sp³-hybridized carbons (Fsp3) is 0.611. The van der Waals surface area contributed by atoms with Gasteiger partial charge in [-0.15, -0.1) is 0 Å². The number of hydrogen-bond donors (Lipinski definition) is 3. The molecule has 2 aliphatic rings. The van der Waals surface area contributed by atoms with Gasteiger partial charge in [0, 0.05) is 25.1 Å². The van der Waals surface area contributed by atoms with Crippen LogP contribution in [0.2, 0.25) is 0 Å². The van der Waals surface area contributed by atoms with E-state index in [4.69, 9.17) is 5.73 Å². The van der Waals surface area contributed by atoms with Crippen LogP contribution in [0.3, 0.4) is 0 Å². The Kier molecular flexibility index (Phi) is 4.79. The molecule has 4 N–H and O–H groups in total. The standard InChI is InChI=1S/C18H26N2O2/c19-17-14-7-6-13(10-14)16(17)18(22)20-11-15(8-9-21)12-4-2-1-3-5-12/h1-5,13-17,21H,6-11,19H2,(H,20,22). The molecule has 5 atom stereocenters. The summed E-state index contributed by atoms with van der Waals surface area (Å²) in [6.45, 7) is 0.701. The number of rotatable bonds is 6. The van der Waals surface area contributed by atoms with Gasteiger partial charge >= 0.3 is 0 Å². The Labute approximate surface area is 132 Å². The van der Waals surface area contributed by atoms with E-state index in [0.29, 0.717) is 24.8 Å². The van der Waals surface area contributed by atoms with Gasteiger partial charge in [-0.3, -0.25) is 4.79 Å². The predicted molar refractivity (Wildman–Crippen MR) is 86.2 cm³/mol. The summed E-state index contributed by atoms with van der Waals surface area (Å²) in [5.74, 6) is 1.28. The van der Waals surface area contributed by atoms with Crippen molar-refractivity contribution in [1.29, 1.82) is 0 Å². The lowest BCUT2D eigenvalue weighted by molar-refractivity contribution is -0.127. The topological polar surface area (TPSA) is 75.4 Å². The molecular formula is C18H26N2O2. The number of aliphatic hydroxyl groups excluding tert-OH is 1. The molecule has 0 spiro atoms. The molecule has 0 radical (unpaired) electrons. The smallest absolute Gasteiger partial charge is 0.224 e. The van der Waals surface area contributed by atoms with Crippen LogP contribution >= 0.6 is 0 Å². The maximum absolute atomic E-state index is 12.5. The Morgan fingerprint density at radius 3 is 2.64 bits per heavy atom. The third-order valence-corrected chi connectivity index (χ3v) is 5.55. The zero-order valence-corrected chi connectivity index (χ0v) is 12.9. The van der Waals surface area contributed by atoms with Crippen molar-refractivity contribution in [2.24, 2.45) is 23.5 Å². The second-order valence-corrected chi connectivity index (χ2v) is 6.80. The van der Waals surface area contributed by atoms with Gasteiger partial charge in [-0.2, -0.15) is 0 Å². The van der Waals surface area contributed by atoms with E-state index in [0.717, 1.165) is 18.4 Å². The molecule has 2 bridgehead atoms. The molecule has 1 amide bonds. The van der Waals surface area contributed by atoms with Crippen LogP contribution < -0.4 is 11.1 Å². The van der Waals surface area contributed by atoms with Gasteiger partial charge in [-0.05, 0) is 43.1 Å². The van der Waals surface area contributed by atoms with Crippen molar-refractivity contribution < 1.29 is 9.90 Å². The van der Waals surface area contributed by atoms with Crippen LogP contribution in [0.15, 0.2) is 30.3 Å². The van der Waals surface area contributed by atoms with Crippen LogP contribution in [-0.4, -0.2) is 30.2 Å². The molecule has 0 saturated heterocycles. The zero-order valence-electron chi connectivity index (χ0n) is 12.9. The van der Waals surface area contributed by atoms with Crippen molar-refractivity contribution in [3.05, 3.63) is 35.9 Å². The quantitative estimate of drug-likeness (QED) is 0.748. The van der Waals surface area contributed by atoms with Gasteiger partial charge in [0.15, 0.2) is 0 Å². The zero-order chi connectivity index (χ0) is 15.5. The van der Waals surface area contributed by atoms with Crippen molar-refractivity contribution in [1.82, 2.24) is 5.32 Å². The molecule has 4 nitrogen and oxygen atoms in total. The Bertz CT molecular complexity index is 503. The number of carbonyl (C=O) groups is 1. The molecule has 0 heterocycles. The van der Waals surface area contributed by atoms with Crippen LogP contribution in [0.4, 0.5) is 0 Å². The first-order valence-corrected chi connectivity index (χ1v) is 8.39. The van der Waals surface area contributed by atoms with E-state index in [-0.39, 0.29) is 30.4 Å². The molecule has 1 aromatic rings. The number of carbonyl (C=O) groups excluding carboxylic acids is 1. The van der Waals surface area contributed by atoms with E-state index < -0.39 is 0 Å². The minimum Gasteiger partial charge on any atom is -0.396 e. The first-order chi connectivity index (χ1) is 10.7. The summed E-state index contributed by atoms with van der Waals surface area (Å²) in [5.41, 5.74) is 7.40. The van der Waals surface area contributed by atoms with E-state index in [1.165, 1.54) is 6.42 Å². The largest absolute Gasteiger partial charge is 0.396 e. The van der Waals surface area contributed by atoms with Gasteiger partial charge in [0.25, 0.3) is 0 Å². The molecule has 0 aliphatic heterocycles. The molecule has 5 unspecified atom stereocenters. The highest BCUT2D eigenvalue weighted by molar-refractivity contribution is 5.80. The molecule has 22 heavy (non-hydrogen) atoms. The summed E-state index contributed by atoms with van der Waals surface area (Å²) in [5, 5.41) is 12.4. The molecule has 1 aromatic carbocycles. The average Bonchev–Trinajstić information content (AvgIpc) is 3.13. The number of fused-ring (bicyclic) bond motifs is 2. The van der Waals surface area contributed by atoms with Crippen molar-refractivity contribution in [3.63, 3.8) is 0 Å². The molecule has 2 saturated carbocycles. The molecule has 120 valence electrons. The van der Waals surface area contributed by atoms with Crippen LogP contribution in [-0.2, 0) is 4.79 Å². The molecule has 2 fully saturated rings. The van der Waals surface area contributed by atoms with E-state index in [1.54, 1.807) is 0 Å². The number of aliphatic hydroxyl groups is 1. The lowest BCUT2D eigenvalue weighted by Crippen LogP contribution is -2.46. The first kappa shape index (κ1) is 15.5. The number of amides is 1. The lowest BCUT2D eigenvalue weighted by Gasteiger charge is -2.28. The van der Waals surface area contributed by atoms with Crippen LogP contribution in [0.25, 0.3) is 0 Å². The number of nitrogens with two attached hydrogens (primary N) is 1. The predicted octanol–water partition coefficient (Wildman–Crippen LogP) is 1.64. The highest BCUT2D eigenvalue weighted by atomic mass is 16.3. The van der Waals surface area contributed by atoms with Crippen LogP contribution in [0, 0.1) is 17.8 Å². The third kappa shape index (κ3) is 3.03. The van der Waals surface area contributed by atoms with E-state index in [1.807, 2.05) is 18.2 Å². The number of benzene rings is 1. The lowest BCUT2D eigenvalue weighted by atomic mass is 9.84. The normalized spacial score (nSPS) is 31.2. The maximum Gasteiger partial charge on any atom is 0.224 e. The average molecular weight is 302 g/mol. The summed E-state index contributed by atoms with van der Waals surface area (Å²) in [6.07, 6.45) is 4.12. The van der Waals surface area contributed by atoms with Crippen LogP contribution in [0.5, 0.6) is 0 Å². The minimum atomic E-state index is -0.00991. The van der Waals surface area contributed by atoms with Gasteiger partial charge in [0.2, 0.25) is 5.91 Å². The highest BCUT2D eigenvalue weighted by Gasteiger charge is 2.48. The van der Waals surface area contributed by atoms with E-state index in [2.05, 4.69) is 17.4 Å². The van der Waals surface area contributed by atoms with Gasteiger partial charge in [-0.1, -0.05) is 30.3 Å². The van der Waals surface area contributed by atoms with Crippen molar-refractivity contribution in [2.75, 3.05) is 13.2 Å². The summed E-state index contributed by atoms with van der Waals surface area (Å²) in [6, 6.07) is 10.1. The van der Waals surface area contributed by atoms with Gasteiger partial charge < -0.3 is 16.2 Å². The molecule has 0 aromatic heterocycles. The molecule has 3 rings (SSSR count). The monoisotopic (exact) mass is 302 g/mol. The fourth-order valence-corrected chi connectivity index (χ4v) is 4.33. The first-order valence-electron chi connectivity index (χ1n) is 8.39. The third-order valence-electron chi connectivity index (χ3n) is 5.55. The summed E-state index contributed by atoms with van der Waals surface area (Å²) >= 11 is 0. The van der Waals surface area contributed by atoms with Crippen LogP contribution in [0.1, 0.15) is 37.2 Å². The highest BCUT2D eigenvalue weighted by Crippen LogP contribution is 2.47. The van der Waals surface area contributed by atoms with Gasteiger partial charge in [-0.25, -0.2) is 0 Å². The summed E-state index contributed by atoms with van der Waals surface area (Å²) < 4.78 is 0. The maximum atomic E-state index is 12.5. The van der Waals surface area contributed by atoms with E-state index >= 15 is 0 Å². The number of nitrogens with one attached hydrogen (secondary N) is 1. The Morgan fingerprint density at radius 2 is 2.00 bits per heavy atom. The van der Waals surface area contributed by atoms with Gasteiger partial charge in [0.05, 0.1) is 5.92 Å². The van der Waals surface area contributed by atoms with Crippen molar-refractivity contribution >= 4 is 5.91 Å². The number of hydrogen-bond acceptors (Lipinski definition) is 3. The van der Waals surface area contributed by atoms with Gasteiger partial charge in [0.1, 0.15) is 0 Å². The Morgan fingerprint density at radius 1 is 1.27 bits per heavy atom. The fourth-order valence-electron chi connectivity index (χ4n) is 4.33. The SMILES string of the molecule is NC1C2CCC(C2)C1C(=O)NCC(CCO)c1ccccc1. The van der Waals surface area contributed by atoms with E-state index in [9.17, 15) is 9.90 Å². The summed E-state index contributed by atoms with van der Waals surface area (Å²) in [7, 11) is 0. The Balaban J connectivity index is 1.59. The summed E-state index contributed by atoms with van der Waals surface area (Å²) in [4.78, 5) is 12.5. The van der Waals surface area contributed by atoms with Crippen molar-refractivity contribution in [2.45, 2.75) is 37.6 Å². The second-order valence-electron chi connectivity index (χ2n) is 6.80. The minimum absolute atomic E-state index is 0.00991. The molecule has 2 aliphatic carbocycles. The molecule has 4 heteroatoms. The Hall–Kier alpha value is -1.39. The van der Waals surface area contributed by atoms with Crippen molar-refractivity contribution in [3.8, 4) is 0 Å².